The van der Waals surface area contributed by atoms with Gasteiger partial charge in [-0.2, -0.15) is 0 Å². The number of hydrogen-bond acceptors (Lipinski definition) is 4. The number of fused-ring (bicyclic) bond motifs is 4. The van der Waals surface area contributed by atoms with Crippen molar-refractivity contribution in [1.29, 1.82) is 0 Å². The molecule has 3 aliphatic heterocycles. The van der Waals surface area contributed by atoms with Crippen molar-refractivity contribution in [3.63, 3.8) is 0 Å². The predicted octanol–water partition coefficient (Wildman–Crippen LogP) is 2.84. The van der Waals surface area contributed by atoms with Crippen LogP contribution in [0.5, 0.6) is 5.75 Å². The number of aromatic nitrogens is 1. The first-order valence-corrected chi connectivity index (χ1v) is 8.37. The molecule has 3 aliphatic rings. The van der Waals surface area contributed by atoms with E-state index >= 15 is 0 Å². The van der Waals surface area contributed by atoms with E-state index < -0.39 is 0 Å². The molecule has 23 heavy (non-hydrogen) atoms. The molecule has 4 heteroatoms. The lowest BCUT2D eigenvalue weighted by molar-refractivity contribution is 0.00749. The maximum atomic E-state index is 9.83. The van der Waals surface area contributed by atoms with Gasteiger partial charge in [0.25, 0.3) is 0 Å². The number of nitrogens with zero attached hydrogens (tertiary/aromatic N) is 2. The Labute approximate surface area is 136 Å². The third-order valence-electron chi connectivity index (χ3n) is 5.69. The minimum atomic E-state index is -0.0594. The highest BCUT2D eigenvalue weighted by Gasteiger charge is 2.41. The highest BCUT2D eigenvalue weighted by molar-refractivity contribution is 5.83. The molecule has 1 aromatic heterocycles. The molecule has 120 valence electrons. The zero-order chi connectivity index (χ0) is 16.0. The number of hydrogen-bond donors (Lipinski definition) is 2. The van der Waals surface area contributed by atoms with Gasteiger partial charge in [0.1, 0.15) is 5.75 Å². The average Bonchev–Trinajstić information content (AvgIpc) is 2.60. The van der Waals surface area contributed by atoms with Gasteiger partial charge in [-0.1, -0.05) is 6.08 Å². The zero-order valence-corrected chi connectivity index (χ0v) is 13.2. The minimum absolute atomic E-state index is 0.0594. The fraction of sp³-hybridized carbons (Fsp3) is 0.421. The Kier molecular flexibility index (Phi) is 3.58. The van der Waals surface area contributed by atoms with E-state index in [1.165, 1.54) is 6.42 Å². The Balaban J connectivity index is 1.69. The standard InChI is InChI=1S/C19H23N3O/c1-2-12-11-22-8-6-13(12)9-18(22)19(20)15-5-7-21-17-4-3-14(23)10-16(15)17/h2-5,7,10,12-13,18-19,23H,1,6,8-9,11,20H2/t12-,13?,18+,19-/m0/s1. The van der Waals surface area contributed by atoms with Gasteiger partial charge in [-0.15, -0.1) is 6.58 Å². The summed E-state index contributed by atoms with van der Waals surface area (Å²) in [7, 11) is 0. The summed E-state index contributed by atoms with van der Waals surface area (Å²) < 4.78 is 0. The van der Waals surface area contributed by atoms with E-state index in [0.717, 1.165) is 36.0 Å². The lowest BCUT2D eigenvalue weighted by Crippen LogP contribution is -2.56. The van der Waals surface area contributed by atoms with Gasteiger partial charge in [-0.3, -0.25) is 9.88 Å². The van der Waals surface area contributed by atoms with Gasteiger partial charge < -0.3 is 10.8 Å². The van der Waals surface area contributed by atoms with Crippen molar-refractivity contribution in [2.24, 2.45) is 17.6 Å². The van der Waals surface area contributed by atoms with Gasteiger partial charge >= 0.3 is 0 Å². The normalized spacial score (nSPS) is 31.2. The highest BCUT2D eigenvalue weighted by Crippen LogP contribution is 2.41. The van der Waals surface area contributed by atoms with Crippen molar-refractivity contribution in [2.45, 2.75) is 24.9 Å². The Hall–Kier alpha value is -1.91. The number of pyridine rings is 1. The van der Waals surface area contributed by atoms with Gasteiger partial charge in [0.05, 0.1) is 5.52 Å². The average molecular weight is 309 g/mol. The van der Waals surface area contributed by atoms with Gasteiger partial charge in [0.2, 0.25) is 0 Å². The van der Waals surface area contributed by atoms with Crippen LogP contribution in [0.4, 0.5) is 0 Å². The topological polar surface area (TPSA) is 62.4 Å². The number of benzene rings is 1. The summed E-state index contributed by atoms with van der Waals surface area (Å²) in [5, 5.41) is 10.8. The lowest BCUT2D eigenvalue weighted by atomic mass is 9.73. The maximum absolute atomic E-state index is 9.83. The molecule has 0 amide bonds. The third-order valence-corrected chi connectivity index (χ3v) is 5.69. The summed E-state index contributed by atoms with van der Waals surface area (Å²) in [4.78, 5) is 6.91. The van der Waals surface area contributed by atoms with Crippen LogP contribution in [-0.2, 0) is 0 Å². The van der Waals surface area contributed by atoms with Crippen molar-refractivity contribution in [2.75, 3.05) is 13.1 Å². The van der Waals surface area contributed by atoms with Crippen LogP contribution in [0.15, 0.2) is 43.1 Å². The van der Waals surface area contributed by atoms with Crippen LogP contribution >= 0.6 is 0 Å². The summed E-state index contributed by atoms with van der Waals surface area (Å²) in [5.41, 5.74) is 8.65. The smallest absolute Gasteiger partial charge is 0.116 e. The number of rotatable bonds is 3. The maximum Gasteiger partial charge on any atom is 0.116 e. The van der Waals surface area contributed by atoms with Crippen LogP contribution in [0.25, 0.3) is 10.9 Å². The third kappa shape index (κ3) is 2.42. The summed E-state index contributed by atoms with van der Waals surface area (Å²) in [6.07, 6.45) is 6.30. The molecular formula is C19H23N3O. The van der Waals surface area contributed by atoms with E-state index in [1.807, 2.05) is 18.3 Å². The number of aromatic hydroxyl groups is 1. The first-order chi connectivity index (χ1) is 11.2. The fourth-order valence-corrected chi connectivity index (χ4v) is 4.40. The van der Waals surface area contributed by atoms with Gasteiger partial charge in [-0.25, -0.2) is 0 Å². The van der Waals surface area contributed by atoms with Crippen LogP contribution in [0, 0.1) is 11.8 Å². The first kappa shape index (κ1) is 14.7. The molecule has 0 spiro atoms. The second kappa shape index (κ2) is 5.62. The SMILES string of the molecule is C=C[C@H]1CN2CCC1C[C@@H]2[C@@H](N)c1ccnc2ccc(O)cc12. The van der Waals surface area contributed by atoms with Crippen LogP contribution in [0.2, 0.25) is 0 Å². The monoisotopic (exact) mass is 309 g/mol. The molecule has 0 aliphatic carbocycles. The molecule has 3 fully saturated rings. The van der Waals surface area contributed by atoms with E-state index in [2.05, 4.69) is 22.5 Å². The molecule has 4 nitrogen and oxygen atoms in total. The summed E-state index contributed by atoms with van der Waals surface area (Å²) >= 11 is 0. The Morgan fingerprint density at radius 1 is 1.39 bits per heavy atom. The number of phenols is 1. The van der Waals surface area contributed by atoms with Crippen molar-refractivity contribution in [3.8, 4) is 5.75 Å². The van der Waals surface area contributed by atoms with Crippen molar-refractivity contribution in [1.82, 2.24) is 9.88 Å². The molecule has 4 heterocycles. The van der Waals surface area contributed by atoms with Gasteiger partial charge in [0, 0.05) is 30.2 Å². The molecular weight excluding hydrogens is 286 g/mol. The Morgan fingerprint density at radius 3 is 3.00 bits per heavy atom. The minimum Gasteiger partial charge on any atom is -0.508 e. The quantitative estimate of drug-likeness (QED) is 0.856. The van der Waals surface area contributed by atoms with E-state index in [-0.39, 0.29) is 11.8 Å². The largest absolute Gasteiger partial charge is 0.508 e. The molecule has 1 aromatic carbocycles. The summed E-state index contributed by atoms with van der Waals surface area (Å²) in [5.74, 6) is 1.57. The molecule has 2 unspecified atom stereocenters. The van der Waals surface area contributed by atoms with Crippen LogP contribution < -0.4 is 5.73 Å². The molecule has 5 rings (SSSR count). The van der Waals surface area contributed by atoms with Gasteiger partial charge in [-0.05, 0) is 61.1 Å². The second-order valence-corrected chi connectivity index (χ2v) is 6.87. The van der Waals surface area contributed by atoms with E-state index in [4.69, 9.17) is 5.73 Å². The molecule has 2 bridgehead atoms. The number of phenolic OH excluding ortho intramolecular Hbond substituents is 1. The predicted molar refractivity (Wildman–Crippen MR) is 92.1 cm³/mol. The summed E-state index contributed by atoms with van der Waals surface area (Å²) in [6.45, 7) is 6.18. The molecule has 2 aromatic rings. The van der Waals surface area contributed by atoms with Crippen molar-refractivity contribution < 1.29 is 5.11 Å². The van der Waals surface area contributed by atoms with E-state index in [9.17, 15) is 5.11 Å². The van der Waals surface area contributed by atoms with Crippen LogP contribution in [0.1, 0.15) is 24.4 Å². The van der Waals surface area contributed by atoms with E-state index in [0.29, 0.717) is 17.9 Å². The van der Waals surface area contributed by atoms with E-state index in [1.54, 1.807) is 12.1 Å². The lowest BCUT2D eigenvalue weighted by Gasteiger charge is -2.51. The molecule has 0 radical (unpaired) electrons. The molecule has 3 N–H and O–H groups in total. The fourth-order valence-electron chi connectivity index (χ4n) is 4.40. The summed E-state index contributed by atoms with van der Waals surface area (Å²) in [6, 6.07) is 7.60. The molecule has 3 saturated heterocycles. The first-order valence-electron chi connectivity index (χ1n) is 8.37. The molecule has 5 atom stereocenters. The number of piperidine rings is 3. The molecule has 0 saturated carbocycles. The van der Waals surface area contributed by atoms with Crippen molar-refractivity contribution in [3.05, 3.63) is 48.7 Å². The second-order valence-electron chi connectivity index (χ2n) is 6.87. The van der Waals surface area contributed by atoms with Crippen molar-refractivity contribution >= 4 is 10.9 Å². The van der Waals surface area contributed by atoms with Gasteiger partial charge in [0.15, 0.2) is 0 Å². The van der Waals surface area contributed by atoms with Crippen LogP contribution in [0.3, 0.4) is 0 Å². The number of nitrogens with two attached hydrogens (primary N) is 1. The Morgan fingerprint density at radius 2 is 2.26 bits per heavy atom. The highest BCUT2D eigenvalue weighted by atomic mass is 16.3. The zero-order valence-electron chi connectivity index (χ0n) is 13.2. The Bertz CT molecular complexity index is 744. The van der Waals surface area contributed by atoms with Crippen LogP contribution in [-0.4, -0.2) is 34.1 Å².